The molecule has 0 saturated heterocycles. The van der Waals surface area contributed by atoms with Crippen LogP contribution in [-0.2, 0) is 16.0 Å². The van der Waals surface area contributed by atoms with E-state index < -0.39 is 4.92 Å². The molecule has 0 saturated carbocycles. The Balaban J connectivity index is 1.93. The molecule has 0 bridgehead atoms. The highest BCUT2D eigenvalue weighted by Gasteiger charge is 2.07. The van der Waals surface area contributed by atoms with Gasteiger partial charge in [-0.15, -0.1) is 0 Å². The number of nitro groups is 1. The van der Waals surface area contributed by atoms with Crippen LogP contribution in [0.3, 0.4) is 0 Å². The number of nitrogens with zero attached hydrogens (tertiary/aromatic N) is 1. The first-order chi connectivity index (χ1) is 10.9. The number of benzene rings is 2. The maximum Gasteiger partial charge on any atom is 0.269 e. The van der Waals surface area contributed by atoms with Gasteiger partial charge in [0.25, 0.3) is 5.69 Å². The van der Waals surface area contributed by atoms with Gasteiger partial charge in [0.1, 0.15) is 0 Å². The van der Waals surface area contributed by atoms with Crippen molar-refractivity contribution in [1.82, 2.24) is 0 Å². The molecule has 7 nitrogen and oxygen atoms in total. The minimum Gasteiger partial charge on any atom is -0.326 e. The van der Waals surface area contributed by atoms with Crippen LogP contribution < -0.4 is 10.6 Å². The van der Waals surface area contributed by atoms with E-state index in [1.807, 2.05) is 0 Å². The molecule has 118 valence electrons. The second kappa shape index (κ2) is 7.17. The first-order valence-corrected chi connectivity index (χ1v) is 6.85. The maximum absolute atomic E-state index is 11.9. The molecule has 0 aliphatic carbocycles. The molecule has 0 fully saturated rings. The Labute approximate surface area is 132 Å². The Bertz CT molecular complexity index is 724. The van der Waals surface area contributed by atoms with E-state index in [4.69, 9.17) is 0 Å². The van der Waals surface area contributed by atoms with Gasteiger partial charge in [-0.25, -0.2) is 0 Å². The monoisotopic (exact) mass is 313 g/mol. The number of rotatable bonds is 5. The molecule has 0 aliphatic rings. The van der Waals surface area contributed by atoms with Crippen molar-refractivity contribution in [2.75, 3.05) is 10.6 Å². The second-order valence-corrected chi connectivity index (χ2v) is 4.91. The summed E-state index contributed by atoms with van der Waals surface area (Å²) >= 11 is 0. The molecular formula is C16H15N3O4. The lowest BCUT2D eigenvalue weighted by Gasteiger charge is -2.06. The third-order valence-corrected chi connectivity index (χ3v) is 3.00. The molecule has 2 N–H and O–H groups in total. The first kappa shape index (κ1) is 16.2. The van der Waals surface area contributed by atoms with E-state index >= 15 is 0 Å². The summed E-state index contributed by atoms with van der Waals surface area (Å²) in [6.07, 6.45) is 0.164. The summed E-state index contributed by atoms with van der Waals surface area (Å²) in [4.78, 5) is 32.9. The van der Waals surface area contributed by atoms with Crippen LogP contribution in [0.15, 0.2) is 48.5 Å². The number of carbonyl (C=O) groups is 2. The van der Waals surface area contributed by atoms with Gasteiger partial charge in [0, 0.05) is 30.4 Å². The van der Waals surface area contributed by atoms with Gasteiger partial charge in [0.2, 0.25) is 11.8 Å². The second-order valence-electron chi connectivity index (χ2n) is 4.91. The smallest absolute Gasteiger partial charge is 0.269 e. The summed E-state index contributed by atoms with van der Waals surface area (Å²) in [5.74, 6) is -0.389. The number of carbonyl (C=O) groups excluding carboxylic acids is 2. The van der Waals surface area contributed by atoms with E-state index in [9.17, 15) is 19.7 Å². The fourth-order valence-corrected chi connectivity index (χ4v) is 1.97. The minimum atomic E-state index is -0.498. The molecule has 0 spiro atoms. The van der Waals surface area contributed by atoms with E-state index in [2.05, 4.69) is 10.6 Å². The van der Waals surface area contributed by atoms with Crippen molar-refractivity contribution < 1.29 is 14.5 Å². The molecule has 23 heavy (non-hydrogen) atoms. The Morgan fingerprint density at radius 1 is 0.957 bits per heavy atom. The number of non-ortho nitro benzene ring substituents is 1. The minimum absolute atomic E-state index is 0.0310. The summed E-state index contributed by atoms with van der Waals surface area (Å²) < 4.78 is 0. The maximum atomic E-state index is 11.9. The van der Waals surface area contributed by atoms with Crippen molar-refractivity contribution in [2.45, 2.75) is 13.3 Å². The first-order valence-electron chi connectivity index (χ1n) is 6.85. The third-order valence-electron chi connectivity index (χ3n) is 3.00. The average Bonchev–Trinajstić information content (AvgIpc) is 2.49. The fourth-order valence-electron chi connectivity index (χ4n) is 1.97. The molecule has 2 rings (SSSR count). The number of anilines is 2. The van der Waals surface area contributed by atoms with Crippen molar-refractivity contribution in [1.29, 1.82) is 0 Å². The molecule has 0 heterocycles. The highest BCUT2D eigenvalue weighted by atomic mass is 16.6. The molecule has 7 heteroatoms. The molecular weight excluding hydrogens is 298 g/mol. The van der Waals surface area contributed by atoms with Crippen LogP contribution in [-0.4, -0.2) is 16.7 Å². The standard InChI is InChI=1S/C16H15N3O4/c1-11(20)17-13-4-2-12(3-5-13)10-16(21)18-14-6-8-15(9-7-14)19(22)23/h2-9H,10H2,1H3,(H,17,20)(H,18,21). The third kappa shape index (κ3) is 4.92. The summed E-state index contributed by atoms with van der Waals surface area (Å²) in [6.45, 7) is 1.42. The molecule has 0 atom stereocenters. The summed E-state index contributed by atoms with van der Waals surface area (Å²) in [7, 11) is 0. The van der Waals surface area contributed by atoms with E-state index in [-0.39, 0.29) is 23.9 Å². The van der Waals surface area contributed by atoms with Crippen molar-refractivity contribution in [2.24, 2.45) is 0 Å². The topological polar surface area (TPSA) is 101 Å². The van der Waals surface area contributed by atoms with Gasteiger partial charge in [-0.1, -0.05) is 12.1 Å². The largest absolute Gasteiger partial charge is 0.326 e. The number of hydrogen-bond donors (Lipinski definition) is 2. The molecule has 0 unspecified atom stereocenters. The van der Waals surface area contributed by atoms with Gasteiger partial charge in [-0.3, -0.25) is 19.7 Å². The molecule has 0 radical (unpaired) electrons. The molecule has 0 aliphatic heterocycles. The van der Waals surface area contributed by atoms with Gasteiger partial charge in [0.15, 0.2) is 0 Å². The summed E-state index contributed by atoms with van der Waals surface area (Å²) in [5, 5.41) is 15.9. The van der Waals surface area contributed by atoms with Gasteiger partial charge in [0.05, 0.1) is 11.3 Å². The molecule has 0 aromatic heterocycles. The van der Waals surface area contributed by atoms with Crippen LogP contribution in [0.2, 0.25) is 0 Å². The van der Waals surface area contributed by atoms with E-state index in [0.29, 0.717) is 11.4 Å². The van der Waals surface area contributed by atoms with Crippen LogP contribution in [0.5, 0.6) is 0 Å². The molecule has 2 aromatic carbocycles. The number of nitro benzene ring substituents is 1. The van der Waals surface area contributed by atoms with Gasteiger partial charge in [-0.05, 0) is 29.8 Å². The number of amides is 2. The Hall–Kier alpha value is -3.22. The normalized spacial score (nSPS) is 9.96. The van der Waals surface area contributed by atoms with Crippen LogP contribution >= 0.6 is 0 Å². The average molecular weight is 313 g/mol. The zero-order valence-corrected chi connectivity index (χ0v) is 12.4. The van der Waals surface area contributed by atoms with Crippen LogP contribution in [0.1, 0.15) is 12.5 Å². The number of hydrogen-bond acceptors (Lipinski definition) is 4. The van der Waals surface area contributed by atoms with Crippen molar-refractivity contribution >= 4 is 28.9 Å². The van der Waals surface area contributed by atoms with Crippen LogP contribution in [0.4, 0.5) is 17.1 Å². The predicted octanol–water partition coefficient (Wildman–Crippen LogP) is 2.73. The van der Waals surface area contributed by atoms with E-state index in [0.717, 1.165) is 5.56 Å². The van der Waals surface area contributed by atoms with E-state index in [1.54, 1.807) is 24.3 Å². The Morgan fingerprint density at radius 3 is 2.00 bits per heavy atom. The molecule has 2 amide bonds. The van der Waals surface area contributed by atoms with Gasteiger partial charge in [-0.2, -0.15) is 0 Å². The van der Waals surface area contributed by atoms with Crippen LogP contribution in [0.25, 0.3) is 0 Å². The van der Waals surface area contributed by atoms with Crippen molar-refractivity contribution in [3.05, 3.63) is 64.2 Å². The highest BCUT2D eigenvalue weighted by Crippen LogP contribution is 2.16. The summed E-state index contributed by atoms with van der Waals surface area (Å²) in [6, 6.07) is 12.6. The number of nitrogens with one attached hydrogen (secondary N) is 2. The zero-order chi connectivity index (χ0) is 16.8. The zero-order valence-electron chi connectivity index (χ0n) is 12.4. The Morgan fingerprint density at radius 2 is 1.48 bits per heavy atom. The fraction of sp³-hybridized carbons (Fsp3) is 0.125. The lowest BCUT2D eigenvalue weighted by atomic mass is 10.1. The van der Waals surface area contributed by atoms with Crippen molar-refractivity contribution in [3.8, 4) is 0 Å². The van der Waals surface area contributed by atoms with Crippen LogP contribution in [0, 0.1) is 10.1 Å². The van der Waals surface area contributed by atoms with E-state index in [1.165, 1.54) is 31.2 Å². The van der Waals surface area contributed by atoms with Crippen molar-refractivity contribution in [3.63, 3.8) is 0 Å². The van der Waals surface area contributed by atoms with Gasteiger partial charge >= 0.3 is 0 Å². The lowest BCUT2D eigenvalue weighted by molar-refractivity contribution is -0.384. The lowest BCUT2D eigenvalue weighted by Crippen LogP contribution is -2.14. The SMILES string of the molecule is CC(=O)Nc1ccc(CC(=O)Nc2ccc([N+](=O)[O-])cc2)cc1. The quantitative estimate of drug-likeness (QED) is 0.654. The summed E-state index contributed by atoms with van der Waals surface area (Å²) in [5.41, 5.74) is 1.92. The Kier molecular flexibility index (Phi) is 5.03. The molecule has 2 aromatic rings. The highest BCUT2D eigenvalue weighted by molar-refractivity contribution is 5.92. The predicted molar refractivity (Wildman–Crippen MR) is 86.2 cm³/mol. The van der Waals surface area contributed by atoms with Gasteiger partial charge < -0.3 is 10.6 Å².